The van der Waals surface area contributed by atoms with Crippen molar-refractivity contribution in [2.24, 2.45) is 5.92 Å². The molecular formula is C13H20N2O3S. The van der Waals surface area contributed by atoms with Crippen LogP contribution in [0.2, 0.25) is 0 Å². The normalized spacial score (nSPS) is 11.9. The van der Waals surface area contributed by atoms with Crippen molar-refractivity contribution in [1.82, 2.24) is 10.6 Å². The van der Waals surface area contributed by atoms with Gasteiger partial charge in [0.1, 0.15) is 0 Å². The van der Waals surface area contributed by atoms with Gasteiger partial charge in [0.05, 0.1) is 6.54 Å². The van der Waals surface area contributed by atoms with E-state index < -0.39 is 5.97 Å². The number of rotatable bonds is 7. The van der Waals surface area contributed by atoms with Crippen LogP contribution >= 0.6 is 11.3 Å². The number of aliphatic carboxylic acids is 1. The number of aryl methyl sites for hydroxylation is 1. The largest absolute Gasteiger partial charge is 0.481 e. The van der Waals surface area contributed by atoms with E-state index in [1.807, 2.05) is 26.0 Å². The molecular weight excluding hydrogens is 264 g/mol. The van der Waals surface area contributed by atoms with Crippen molar-refractivity contribution >= 4 is 23.3 Å². The lowest BCUT2D eigenvalue weighted by molar-refractivity contribution is -0.138. The highest BCUT2D eigenvalue weighted by atomic mass is 32.1. The molecule has 0 aliphatic carbocycles. The molecule has 0 aliphatic rings. The number of hydrogen-bond donors (Lipinski definition) is 3. The van der Waals surface area contributed by atoms with Crippen molar-refractivity contribution in [3.8, 4) is 0 Å². The Labute approximate surface area is 117 Å². The molecule has 5 nitrogen and oxygen atoms in total. The number of carbonyl (C=O) groups is 2. The lowest BCUT2D eigenvalue weighted by Gasteiger charge is -2.13. The minimum absolute atomic E-state index is 0.0211. The highest BCUT2D eigenvalue weighted by Crippen LogP contribution is 2.14. The number of urea groups is 1. The van der Waals surface area contributed by atoms with Crippen molar-refractivity contribution in [2.45, 2.75) is 33.2 Å². The molecule has 1 atom stereocenters. The van der Waals surface area contributed by atoms with Gasteiger partial charge in [-0.05, 0) is 25.0 Å². The third-order valence-corrected chi connectivity index (χ3v) is 3.81. The number of carboxylic acid groups (broad SMARTS) is 1. The van der Waals surface area contributed by atoms with E-state index in [1.165, 1.54) is 4.88 Å². The Balaban J connectivity index is 2.25. The summed E-state index contributed by atoms with van der Waals surface area (Å²) < 4.78 is 0. The van der Waals surface area contributed by atoms with Gasteiger partial charge in [-0.3, -0.25) is 4.79 Å². The lowest BCUT2D eigenvalue weighted by Crippen LogP contribution is -2.38. The molecule has 0 bridgehead atoms. The molecule has 0 fully saturated rings. The van der Waals surface area contributed by atoms with Crippen molar-refractivity contribution in [3.05, 3.63) is 21.9 Å². The van der Waals surface area contributed by atoms with Crippen molar-refractivity contribution in [3.63, 3.8) is 0 Å². The van der Waals surface area contributed by atoms with Crippen LogP contribution in [0.25, 0.3) is 0 Å². The first kappa shape index (κ1) is 15.5. The van der Waals surface area contributed by atoms with E-state index in [0.717, 1.165) is 11.3 Å². The lowest BCUT2D eigenvalue weighted by atomic mass is 10.0. The zero-order valence-corrected chi connectivity index (χ0v) is 12.0. The van der Waals surface area contributed by atoms with Crippen LogP contribution in [0.15, 0.2) is 12.1 Å². The maximum absolute atomic E-state index is 11.6. The van der Waals surface area contributed by atoms with Gasteiger partial charge in [-0.2, -0.15) is 0 Å². The summed E-state index contributed by atoms with van der Waals surface area (Å²) in [7, 11) is 0. The molecule has 1 rings (SSSR count). The molecule has 1 heterocycles. The van der Waals surface area contributed by atoms with E-state index in [0.29, 0.717) is 13.1 Å². The third kappa shape index (κ3) is 6.24. The van der Waals surface area contributed by atoms with E-state index in [4.69, 9.17) is 5.11 Å². The van der Waals surface area contributed by atoms with Crippen LogP contribution in [0.4, 0.5) is 4.79 Å². The van der Waals surface area contributed by atoms with E-state index >= 15 is 0 Å². The molecule has 0 saturated heterocycles. The summed E-state index contributed by atoms with van der Waals surface area (Å²) in [4.78, 5) is 24.5. The number of thiophene rings is 1. The third-order valence-electron chi connectivity index (χ3n) is 2.81. The minimum atomic E-state index is -0.830. The van der Waals surface area contributed by atoms with Crippen molar-refractivity contribution < 1.29 is 14.7 Å². The molecule has 106 valence electrons. The average Bonchev–Trinajstić information content (AvgIpc) is 2.77. The summed E-state index contributed by atoms with van der Waals surface area (Å²) >= 11 is 1.65. The number of amides is 2. The molecule has 3 N–H and O–H groups in total. The van der Waals surface area contributed by atoms with Crippen molar-refractivity contribution in [1.29, 1.82) is 0 Å². The van der Waals surface area contributed by atoms with Crippen LogP contribution in [0.1, 0.15) is 29.5 Å². The van der Waals surface area contributed by atoms with Crippen LogP contribution < -0.4 is 10.6 Å². The van der Waals surface area contributed by atoms with Crippen LogP contribution in [0, 0.1) is 12.8 Å². The summed E-state index contributed by atoms with van der Waals surface area (Å²) in [5.41, 5.74) is 0. The molecule has 1 aromatic heterocycles. The predicted molar refractivity (Wildman–Crippen MR) is 75.3 cm³/mol. The fraction of sp³-hybridized carbons (Fsp3) is 0.538. The van der Waals surface area contributed by atoms with Gasteiger partial charge in [0.2, 0.25) is 0 Å². The average molecular weight is 284 g/mol. The monoisotopic (exact) mass is 284 g/mol. The quantitative estimate of drug-likeness (QED) is 0.719. The molecule has 0 aliphatic heterocycles. The van der Waals surface area contributed by atoms with Gasteiger partial charge in [-0.1, -0.05) is 13.3 Å². The molecule has 1 aromatic rings. The second kappa shape index (κ2) is 7.78. The zero-order valence-electron chi connectivity index (χ0n) is 11.2. The summed E-state index contributed by atoms with van der Waals surface area (Å²) in [6.45, 7) is 4.83. The zero-order chi connectivity index (χ0) is 14.3. The first-order valence-corrected chi connectivity index (χ1v) is 7.11. The second-order valence-corrected chi connectivity index (χ2v) is 5.82. The van der Waals surface area contributed by atoms with Gasteiger partial charge in [0.15, 0.2) is 0 Å². The molecule has 1 unspecified atom stereocenters. The Bertz CT molecular complexity index is 431. The van der Waals surface area contributed by atoms with Gasteiger partial charge in [-0.25, -0.2) is 4.79 Å². The standard InChI is InChI=1S/C13H20N2O3S/c1-3-10(6-12(16)17)7-14-13(18)15-8-11-5-4-9(2)19-11/h4-5,10H,3,6-8H2,1-2H3,(H,16,17)(H2,14,15,18). The Morgan fingerprint density at radius 2 is 2.11 bits per heavy atom. The smallest absolute Gasteiger partial charge is 0.315 e. The first-order chi connectivity index (χ1) is 9.01. The summed E-state index contributed by atoms with van der Waals surface area (Å²) in [5, 5.41) is 14.2. The Morgan fingerprint density at radius 1 is 1.37 bits per heavy atom. The number of nitrogens with one attached hydrogen (secondary N) is 2. The first-order valence-electron chi connectivity index (χ1n) is 6.30. The number of hydrogen-bond acceptors (Lipinski definition) is 3. The molecule has 0 spiro atoms. The highest BCUT2D eigenvalue weighted by Gasteiger charge is 2.12. The summed E-state index contributed by atoms with van der Waals surface area (Å²) in [6, 6.07) is 3.74. The number of carbonyl (C=O) groups excluding carboxylic acids is 1. The number of carboxylic acids is 1. The fourth-order valence-electron chi connectivity index (χ4n) is 1.65. The topological polar surface area (TPSA) is 78.4 Å². The van der Waals surface area contributed by atoms with E-state index in [-0.39, 0.29) is 18.4 Å². The molecule has 2 amide bonds. The molecule has 0 radical (unpaired) electrons. The second-order valence-electron chi connectivity index (χ2n) is 4.45. The molecule has 6 heteroatoms. The summed E-state index contributed by atoms with van der Waals surface area (Å²) in [6.07, 6.45) is 0.817. The predicted octanol–water partition coefficient (Wildman–Crippen LogP) is 2.36. The SMILES string of the molecule is CCC(CNC(=O)NCc1ccc(C)s1)CC(=O)O. The molecule has 0 saturated carbocycles. The van der Waals surface area contributed by atoms with Crippen molar-refractivity contribution in [2.75, 3.05) is 6.54 Å². The van der Waals surface area contributed by atoms with Crippen LogP contribution in [-0.2, 0) is 11.3 Å². The van der Waals surface area contributed by atoms with Crippen LogP contribution in [0.5, 0.6) is 0 Å². The summed E-state index contributed by atoms with van der Waals surface area (Å²) in [5.74, 6) is -0.852. The van der Waals surface area contributed by atoms with Gasteiger partial charge < -0.3 is 15.7 Å². The fourth-order valence-corrected chi connectivity index (χ4v) is 2.48. The van der Waals surface area contributed by atoms with Gasteiger partial charge in [0.25, 0.3) is 0 Å². The van der Waals surface area contributed by atoms with Gasteiger partial charge in [0, 0.05) is 22.7 Å². The van der Waals surface area contributed by atoms with Crippen LogP contribution in [0.3, 0.4) is 0 Å². The van der Waals surface area contributed by atoms with Gasteiger partial charge in [-0.15, -0.1) is 11.3 Å². The van der Waals surface area contributed by atoms with E-state index in [1.54, 1.807) is 11.3 Å². The van der Waals surface area contributed by atoms with E-state index in [9.17, 15) is 9.59 Å². The highest BCUT2D eigenvalue weighted by molar-refractivity contribution is 7.11. The Morgan fingerprint density at radius 3 is 2.63 bits per heavy atom. The molecule has 0 aromatic carbocycles. The maximum Gasteiger partial charge on any atom is 0.315 e. The molecule has 19 heavy (non-hydrogen) atoms. The minimum Gasteiger partial charge on any atom is -0.481 e. The Hall–Kier alpha value is -1.56. The van der Waals surface area contributed by atoms with Crippen LogP contribution in [-0.4, -0.2) is 23.7 Å². The van der Waals surface area contributed by atoms with Gasteiger partial charge >= 0.3 is 12.0 Å². The van der Waals surface area contributed by atoms with E-state index in [2.05, 4.69) is 10.6 Å². The Kier molecular flexibility index (Phi) is 6.35. The maximum atomic E-state index is 11.6.